The van der Waals surface area contributed by atoms with Crippen LogP contribution in [0.2, 0.25) is 0 Å². The molecule has 0 saturated heterocycles. The lowest BCUT2D eigenvalue weighted by molar-refractivity contribution is -0.386. The molecule has 0 saturated carbocycles. The molecule has 0 radical (unpaired) electrons. The molecule has 1 rings (SSSR count). The summed E-state index contributed by atoms with van der Waals surface area (Å²) in [6.07, 6.45) is 0.869. The van der Waals surface area contributed by atoms with Gasteiger partial charge in [-0.25, -0.2) is 4.98 Å². The van der Waals surface area contributed by atoms with Gasteiger partial charge < -0.3 is 10.1 Å². The molecular formula is C12H19N3O3. The molecule has 2 atom stereocenters. The molecule has 0 amide bonds. The third-order valence-electron chi connectivity index (χ3n) is 3.13. The van der Waals surface area contributed by atoms with Crippen LogP contribution in [0.4, 0.5) is 5.69 Å². The van der Waals surface area contributed by atoms with Crippen LogP contribution in [0.1, 0.15) is 31.9 Å². The van der Waals surface area contributed by atoms with Crippen molar-refractivity contribution < 1.29 is 9.66 Å². The van der Waals surface area contributed by atoms with Crippen molar-refractivity contribution in [3.63, 3.8) is 0 Å². The van der Waals surface area contributed by atoms with E-state index in [0.717, 1.165) is 6.42 Å². The highest BCUT2D eigenvalue weighted by Gasteiger charge is 2.26. The Bertz CT molecular complexity index is 419. The van der Waals surface area contributed by atoms with Crippen molar-refractivity contribution in [1.82, 2.24) is 10.3 Å². The number of likely N-dealkylation sites (N-methyl/N-ethyl adjacent to an activating group) is 1. The molecule has 0 bridgehead atoms. The van der Waals surface area contributed by atoms with Crippen molar-refractivity contribution in [2.75, 3.05) is 14.2 Å². The second-order valence-electron chi connectivity index (χ2n) is 4.11. The van der Waals surface area contributed by atoms with E-state index in [2.05, 4.69) is 10.3 Å². The molecule has 6 heteroatoms. The first kappa shape index (κ1) is 14.4. The predicted molar refractivity (Wildman–Crippen MR) is 69.0 cm³/mol. The van der Waals surface area contributed by atoms with Gasteiger partial charge >= 0.3 is 0 Å². The summed E-state index contributed by atoms with van der Waals surface area (Å²) in [5.74, 6) is 0.337. The number of nitrogens with zero attached hydrogens (tertiary/aromatic N) is 2. The van der Waals surface area contributed by atoms with Crippen molar-refractivity contribution >= 4 is 5.69 Å². The third kappa shape index (κ3) is 2.95. The van der Waals surface area contributed by atoms with E-state index in [1.165, 1.54) is 19.2 Å². The van der Waals surface area contributed by atoms with E-state index in [-0.39, 0.29) is 17.6 Å². The first-order valence-electron chi connectivity index (χ1n) is 5.91. The van der Waals surface area contributed by atoms with Crippen molar-refractivity contribution in [3.8, 4) is 5.88 Å². The molecule has 2 unspecified atom stereocenters. The monoisotopic (exact) mass is 253 g/mol. The Hall–Kier alpha value is -1.69. The van der Waals surface area contributed by atoms with Gasteiger partial charge in [0.15, 0.2) is 0 Å². The summed E-state index contributed by atoms with van der Waals surface area (Å²) < 4.78 is 5.03. The molecule has 0 aliphatic rings. The van der Waals surface area contributed by atoms with Gasteiger partial charge in [-0.2, -0.15) is 0 Å². The molecule has 1 N–H and O–H groups in total. The molecule has 0 spiro atoms. The summed E-state index contributed by atoms with van der Waals surface area (Å²) in [5, 5.41) is 14.2. The SMILES string of the molecule is CCC(NC)C(C)c1nc(OC)ccc1[N+](=O)[O-]. The van der Waals surface area contributed by atoms with Crippen molar-refractivity contribution in [2.24, 2.45) is 0 Å². The molecule has 1 aromatic heterocycles. The second-order valence-corrected chi connectivity index (χ2v) is 4.11. The van der Waals surface area contributed by atoms with Crippen LogP contribution in [0.5, 0.6) is 5.88 Å². The minimum Gasteiger partial charge on any atom is -0.481 e. The minimum atomic E-state index is -0.402. The Balaban J connectivity index is 3.21. The molecule has 0 aromatic carbocycles. The summed E-state index contributed by atoms with van der Waals surface area (Å²) >= 11 is 0. The van der Waals surface area contributed by atoms with Gasteiger partial charge in [-0.05, 0) is 13.5 Å². The van der Waals surface area contributed by atoms with Crippen LogP contribution in [0.25, 0.3) is 0 Å². The van der Waals surface area contributed by atoms with Gasteiger partial charge in [0.1, 0.15) is 5.69 Å². The number of pyridine rings is 1. The topological polar surface area (TPSA) is 77.3 Å². The zero-order valence-electron chi connectivity index (χ0n) is 11.1. The van der Waals surface area contributed by atoms with Crippen molar-refractivity contribution in [2.45, 2.75) is 32.2 Å². The van der Waals surface area contributed by atoms with Crippen LogP contribution in [-0.2, 0) is 0 Å². The van der Waals surface area contributed by atoms with Gasteiger partial charge in [0.2, 0.25) is 5.88 Å². The fourth-order valence-corrected chi connectivity index (χ4v) is 2.05. The summed E-state index contributed by atoms with van der Waals surface area (Å²) in [4.78, 5) is 14.9. The van der Waals surface area contributed by atoms with Gasteiger partial charge in [0.25, 0.3) is 5.69 Å². The van der Waals surface area contributed by atoms with E-state index in [9.17, 15) is 10.1 Å². The zero-order chi connectivity index (χ0) is 13.7. The Morgan fingerprint density at radius 2 is 2.22 bits per heavy atom. The molecule has 0 aliphatic carbocycles. The number of rotatable bonds is 6. The summed E-state index contributed by atoms with van der Waals surface area (Å²) in [7, 11) is 3.34. The number of aromatic nitrogens is 1. The number of methoxy groups -OCH3 is 1. The smallest absolute Gasteiger partial charge is 0.291 e. The first-order chi connectivity index (χ1) is 8.54. The number of nitro groups is 1. The lowest BCUT2D eigenvalue weighted by atomic mass is 9.94. The van der Waals surface area contributed by atoms with Crippen LogP contribution >= 0.6 is 0 Å². The predicted octanol–water partition coefficient (Wildman–Crippen LogP) is 2.10. The van der Waals surface area contributed by atoms with E-state index in [1.54, 1.807) is 0 Å². The molecule has 0 fully saturated rings. The zero-order valence-corrected chi connectivity index (χ0v) is 11.1. The third-order valence-corrected chi connectivity index (χ3v) is 3.13. The fraction of sp³-hybridized carbons (Fsp3) is 0.583. The quantitative estimate of drug-likeness (QED) is 0.620. The fourth-order valence-electron chi connectivity index (χ4n) is 2.05. The molecule has 6 nitrogen and oxygen atoms in total. The standard InChI is InChI=1S/C12H19N3O3/c1-5-9(13-3)8(2)12-10(15(16)17)6-7-11(14-12)18-4/h6-9,13H,5H2,1-4H3. The molecule has 1 heterocycles. The van der Waals surface area contributed by atoms with Crippen LogP contribution in [-0.4, -0.2) is 30.1 Å². The highest BCUT2D eigenvalue weighted by molar-refractivity contribution is 5.40. The van der Waals surface area contributed by atoms with Crippen molar-refractivity contribution in [3.05, 3.63) is 27.9 Å². The highest BCUT2D eigenvalue weighted by Crippen LogP contribution is 2.29. The van der Waals surface area contributed by atoms with E-state index in [1.807, 2.05) is 20.9 Å². The van der Waals surface area contributed by atoms with Crippen LogP contribution in [0.3, 0.4) is 0 Å². The molecule has 18 heavy (non-hydrogen) atoms. The number of nitrogens with one attached hydrogen (secondary N) is 1. The second kappa shape index (κ2) is 6.30. The van der Waals surface area contributed by atoms with Gasteiger partial charge in [-0.3, -0.25) is 10.1 Å². The summed E-state index contributed by atoms with van der Waals surface area (Å²) in [6, 6.07) is 3.10. The number of hydrogen-bond donors (Lipinski definition) is 1. The van der Waals surface area contributed by atoms with E-state index < -0.39 is 4.92 Å². The maximum atomic E-state index is 11.0. The number of hydrogen-bond acceptors (Lipinski definition) is 5. The average molecular weight is 253 g/mol. The molecule has 0 aliphatic heterocycles. The first-order valence-corrected chi connectivity index (χ1v) is 5.91. The average Bonchev–Trinajstić information content (AvgIpc) is 2.39. The Kier molecular flexibility index (Phi) is 5.03. The Morgan fingerprint density at radius 1 is 1.56 bits per heavy atom. The van der Waals surface area contributed by atoms with Gasteiger partial charge in [-0.15, -0.1) is 0 Å². The van der Waals surface area contributed by atoms with Gasteiger partial charge in [0.05, 0.1) is 12.0 Å². The maximum absolute atomic E-state index is 11.0. The largest absolute Gasteiger partial charge is 0.481 e. The van der Waals surface area contributed by atoms with Crippen molar-refractivity contribution in [1.29, 1.82) is 0 Å². The number of ether oxygens (including phenoxy) is 1. The van der Waals surface area contributed by atoms with Gasteiger partial charge in [0, 0.05) is 24.1 Å². The highest BCUT2D eigenvalue weighted by atomic mass is 16.6. The maximum Gasteiger partial charge on any atom is 0.291 e. The molecule has 1 aromatic rings. The van der Waals surface area contributed by atoms with Crippen LogP contribution < -0.4 is 10.1 Å². The van der Waals surface area contributed by atoms with Crippen LogP contribution in [0.15, 0.2) is 12.1 Å². The summed E-state index contributed by atoms with van der Waals surface area (Å²) in [6.45, 7) is 3.96. The molecule has 100 valence electrons. The van der Waals surface area contributed by atoms with Gasteiger partial charge in [-0.1, -0.05) is 13.8 Å². The Morgan fingerprint density at radius 3 is 2.67 bits per heavy atom. The van der Waals surface area contributed by atoms with Crippen LogP contribution in [0, 0.1) is 10.1 Å². The summed E-state index contributed by atoms with van der Waals surface area (Å²) in [5.41, 5.74) is 0.498. The minimum absolute atomic E-state index is 0.0389. The lowest BCUT2D eigenvalue weighted by Gasteiger charge is -2.21. The normalized spacial score (nSPS) is 14.0. The lowest BCUT2D eigenvalue weighted by Crippen LogP contribution is -2.30. The Labute approximate surface area is 107 Å². The van der Waals surface area contributed by atoms with E-state index in [4.69, 9.17) is 4.74 Å². The van der Waals surface area contributed by atoms with E-state index in [0.29, 0.717) is 11.6 Å². The van der Waals surface area contributed by atoms with E-state index >= 15 is 0 Å². The molecular weight excluding hydrogens is 234 g/mol.